The van der Waals surface area contributed by atoms with Crippen LogP contribution in [-0.2, 0) is 34.1 Å². The Balaban J connectivity index is 1.29. The van der Waals surface area contributed by atoms with Crippen LogP contribution in [0.2, 0.25) is 0 Å². The van der Waals surface area contributed by atoms with Crippen LogP contribution < -0.4 is 0 Å². The fraction of sp³-hybridized carbons (Fsp3) is 0.850. The van der Waals surface area contributed by atoms with Gasteiger partial charge in [0, 0.05) is 52.2 Å². The highest BCUT2D eigenvalue weighted by molar-refractivity contribution is 7.91. The molecule has 0 aliphatic carbocycles. The lowest BCUT2D eigenvalue weighted by molar-refractivity contribution is -0.137. The summed E-state index contributed by atoms with van der Waals surface area (Å²) in [5.74, 6) is 2.49. The molecule has 0 bridgehead atoms. The minimum atomic E-state index is -2.99. The molecule has 4 heterocycles. The van der Waals surface area contributed by atoms with Gasteiger partial charge in [0.1, 0.15) is 11.6 Å². The van der Waals surface area contributed by atoms with Gasteiger partial charge in [0.25, 0.3) is 0 Å². The van der Waals surface area contributed by atoms with E-state index in [1.54, 1.807) is 11.9 Å². The predicted octanol–water partition coefficient (Wildman–Crippen LogP) is 0.156. The molecule has 0 radical (unpaired) electrons. The Hall–Kier alpha value is -1.52. The molecule has 2 fully saturated rings. The standard InChI is InChI=1S/C20H34N6O3S/c1-16(20(27)23(2)17-7-13-30(28,29)15-17)25-11-9-24(10-12-25)14-19-22-21-18-6-4-3-5-8-26(18)19/h16-17H,3-15H2,1-2H3/t16-,17+/m0/s1. The van der Waals surface area contributed by atoms with Crippen LogP contribution in [-0.4, -0.2) is 101 Å². The first-order valence-corrected chi connectivity index (χ1v) is 13.0. The van der Waals surface area contributed by atoms with E-state index in [0.29, 0.717) is 6.42 Å². The molecule has 1 aromatic heterocycles. The maximum Gasteiger partial charge on any atom is 0.239 e. The number of hydrogen-bond acceptors (Lipinski definition) is 7. The maximum atomic E-state index is 12.9. The molecule has 3 aliphatic heterocycles. The number of hydrogen-bond donors (Lipinski definition) is 0. The third kappa shape index (κ3) is 4.70. The third-order valence-electron chi connectivity index (χ3n) is 6.97. The summed E-state index contributed by atoms with van der Waals surface area (Å²) >= 11 is 0. The fourth-order valence-corrected chi connectivity index (χ4v) is 6.66. The highest BCUT2D eigenvalue weighted by Gasteiger charge is 2.36. The molecule has 2 saturated heterocycles. The van der Waals surface area contributed by atoms with Gasteiger partial charge in [-0.25, -0.2) is 8.42 Å². The maximum absolute atomic E-state index is 12.9. The van der Waals surface area contributed by atoms with Gasteiger partial charge in [-0.2, -0.15) is 0 Å². The average Bonchev–Trinajstić information content (AvgIpc) is 3.20. The Kier molecular flexibility index (Phi) is 6.45. The van der Waals surface area contributed by atoms with Gasteiger partial charge < -0.3 is 9.47 Å². The number of carbonyl (C=O) groups excluding carboxylic acids is 1. The zero-order valence-electron chi connectivity index (χ0n) is 18.2. The van der Waals surface area contributed by atoms with Crippen molar-refractivity contribution in [2.45, 2.75) is 64.2 Å². The van der Waals surface area contributed by atoms with Crippen LogP contribution in [0.1, 0.15) is 44.3 Å². The number of sulfone groups is 1. The largest absolute Gasteiger partial charge is 0.340 e. The van der Waals surface area contributed by atoms with Crippen molar-refractivity contribution >= 4 is 15.7 Å². The Morgan fingerprint density at radius 3 is 2.60 bits per heavy atom. The quantitative estimate of drug-likeness (QED) is 0.646. The number of fused-ring (bicyclic) bond motifs is 1. The normalized spacial score (nSPS) is 26.1. The van der Waals surface area contributed by atoms with Crippen molar-refractivity contribution in [3.63, 3.8) is 0 Å². The zero-order chi connectivity index (χ0) is 21.3. The van der Waals surface area contributed by atoms with E-state index in [0.717, 1.165) is 57.3 Å². The molecule has 10 heteroatoms. The number of amides is 1. The molecule has 2 atom stereocenters. The molecule has 0 unspecified atom stereocenters. The zero-order valence-corrected chi connectivity index (χ0v) is 19.0. The molecule has 1 aromatic rings. The monoisotopic (exact) mass is 438 g/mol. The van der Waals surface area contributed by atoms with Gasteiger partial charge in [0.2, 0.25) is 5.91 Å². The van der Waals surface area contributed by atoms with Crippen molar-refractivity contribution in [2.24, 2.45) is 0 Å². The number of rotatable bonds is 5. The predicted molar refractivity (Wildman–Crippen MR) is 114 cm³/mol. The summed E-state index contributed by atoms with van der Waals surface area (Å²) in [4.78, 5) is 19.2. The topological polar surface area (TPSA) is 91.6 Å². The van der Waals surface area contributed by atoms with Crippen LogP contribution in [0.5, 0.6) is 0 Å². The second-order valence-electron chi connectivity index (χ2n) is 8.99. The Morgan fingerprint density at radius 2 is 1.90 bits per heavy atom. The van der Waals surface area contributed by atoms with Gasteiger partial charge in [-0.05, 0) is 26.2 Å². The summed E-state index contributed by atoms with van der Waals surface area (Å²) in [5.41, 5.74) is 0. The van der Waals surface area contributed by atoms with E-state index in [-0.39, 0.29) is 29.5 Å². The minimum Gasteiger partial charge on any atom is -0.340 e. The first-order chi connectivity index (χ1) is 14.3. The van der Waals surface area contributed by atoms with Crippen LogP contribution in [0.15, 0.2) is 0 Å². The van der Waals surface area contributed by atoms with Gasteiger partial charge in [-0.15, -0.1) is 10.2 Å². The van der Waals surface area contributed by atoms with Gasteiger partial charge in [-0.1, -0.05) is 6.42 Å². The molecule has 1 amide bonds. The van der Waals surface area contributed by atoms with Crippen LogP contribution in [0.3, 0.4) is 0 Å². The van der Waals surface area contributed by atoms with E-state index in [1.165, 1.54) is 19.3 Å². The second kappa shape index (κ2) is 8.92. The molecule has 0 spiro atoms. The smallest absolute Gasteiger partial charge is 0.239 e. The Labute approximate surface area is 179 Å². The second-order valence-corrected chi connectivity index (χ2v) is 11.2. The lowest BCUT2D eigenvalue weighted by Crippen LogP contribution is -2.55. The highest BCUT2D eigenvalue weighted by atomic mass is 32.2. The first-order valence-electron chi connectivity index (χ1n) is 11.2. The third-order valence-corrected chi connectivity index (χ3v) is 8.72. The van der Waals surface area contributed by atoms with Crippen molar-refractivity contribution in [1.82, 2.24) is 29.5 Å². The van der Waals surface area contributed by atoms with Crippen molar-refractivity contribution in [1.29, 1.82) is 0 Å². The molecular weight excluding hydrogens is 404 g/mol. The molecule has 9 nitrogen and oxygen atoms in total. The summed E-state index contributed by atoms with van der Waals surface area (Å²) in [5, 5.41) is 8.84. The Morgan fingerprint density at radius 1 is 1.13 bits per heavy atom. The summed E-state index contributed by atoms with van der Waals surface area (Å²) in [7, 11) is -1.25. The highest BCUT2D eigenvalue weighted by Crippen LogP contribution is 2.20. The number of carbonyl (C=O) groups is 1. The fourth-order valence-electron chi connectivity index (χ4n) is 4.88. The van der Waals surface area contributed by atoms with Crippen molar-refractivity contribution in [2.75, 3.05) is 44.7 Å². The number of nitrogens with zero attached hydrogens (tertiary/aromatic N) is 6. The molecular formula is C20H34N6O3S. The summed E-state index contributed by atoms with van der Waals surface area (Å²) < 4.78 is 25.8. The molecule has 0 aromatic carbocycles. The van der Waals surface area contributed by atoms with Gasteiger partial charge in [0.15, 0.2) is 9.84 Å². The molecule has 30 heavy (non-hydrogen) atoms. The minimum absolute atomic E-state index is 0.0216. The summed E-state index contributed by atoms with van der Waals surface area (Å²) in [6.07, 6.45) is 5.23. The van der Waals surface area contributed by atoms with E-state index >= 15 is 0 Å². The molecule has 168 valence electrons. The first kappa shape index (κ1) is 21.7. The Bertz CT molecular complexity index is 862. The van der Waals surface area contributed by atoms with E-state index in [9.17, 15) is 13.2 Å². The summed E-state index contributed by atoms with van der Waals surface area (Å²) in [6.45, 7) is 7.20. The van der Waals surface area contributed by atoms with Crippen LogP contribution >= 0.6 is 0 Å². The van der Waals surface area contributed by atoms with E-state index < -0.39 is 9.84 Å². The van der Waals surface area contributed by atoms with Crippen molar-refractivity contribution in [3.8, 4) is 0 Å². The van der Waals surface area contributed by atoms with Gasteiger partial charge in [0.05, 0.1) is 24.1 Å². The summed E-state index contributed by atoms with van der Waals surface area (Å²) in [6, 6.07) is -0.417. The SMILES string of the molecule is C[C@@H](C(=O)N(C)[C@@H]1CCS(=O)(=O)C1)N1CCN(Cc2nnc3n2CCCCC3)CC1. The molecule has 0 saturated carbocycles. The van der Waals surface area contributed by atoms with Gasteiger partial charge >= 0.3 is 0 Å². The van der Waals surface area contributed by atoms with Crippen molar-refractivity contribution in [3.05, 3.63) is 11.6 Å². The van der Waals surface area contributed by atoms with E-state index in [1.807, 2.05) is 6.92 Å². The lowest BCUT2D eigenvalue weighted by atomic mass is 10.1. The van der Waals surface area contributed by atoms with Crippen molar-refractivity contribution < 1.29 is 13.2 Å². The number of piperazine rings is 1. The van der Waals surface area contributed by atoms with E-state index in [2.05, 4.69) is 24.6 Å². The van der Waals surface area contributed by atoms with Crippen LogP contribution in [0, 0.1) is 0 Å². The van der Waals surface area contributed by atoms with Crippen LogP contribution in [0.4, 0.5) is 0 Å². The molecule has 4 rings (SSSR count). The molecule has 0 N–H and O–H groups in total. The van der Waals surface area contributed by atoms with Gasteiger partial charge in [-0.3, -0.25) is 14.6 Å². The number of aryl methyl sites for hydroxylation is 1. The number of likely N-dealkylation sites (N-methyl/N-ethyl adjacent to an activating group) is 1. The molecule has 3 aliphatic rings. The number of aromatic nitrogens is 3. The lowest BCUT2D eigenvalue weighted by Gasteiger charge is -2.39. The van der Waals surface area contributed by atoms with E-state index in [4.69, 9.17) is 0 Å². The average molecular weight is 439 g/mol. The van der Waals surface area contributed by atoms with Crippen LogP contribution in [0.25, 0.3) is 0 Å².